The summed E-state index contributed by atoms with van der Waals surface area (Å²) in [5.41, 5.74) is 1.09. The summed E-state index contributed by atoms with van der Waals surface area (Å²) in [4.78, 5) is 23.8. The van der Waals surface area contributed by atoms with Crippen molar-refractivity contribution in [2.45, 2.75) is 17.9 Å². The van der Waals surface area contributed by atoms with Gasteiger partial charge in [0.05, 0.1) is 4.90 Å². The second-order valence-corrected chi connectivity index (χ2v) is 7.52. The zero-order valence-corrected chi connectivity index (χ0v) is 15.8. The van der Waals surface area contributed by atoms with Crippen LogP contribution in [0.4, 0.5) is 5.69 Å². The van der Waals surface area contributed by atoms with Gasteiger partial charge >= 0.3 is 5.97 Å². The number of halogens is 1. The molecule has 0 unspecified atom stereocenters. The van der Waals surface area contributed by atoms with Crippen molar-refractivity contribution in [3.63, 3.8) is 0 Å². The smallest absolute Gasteiger partial charge is 0.331 e. The summed E-state index contributed by atoms with van der Waals surface area (Å²) in [7, 11) is -3.81. The van der Waals surface area contributed by atoms with Crippen molar-refractivity contribution in [2.75, 3.05) is 5.32 Å². The highest BCUT2D eigenvalue weighted by molar-refractivity contribution is 7.89. The SMILES string of the molecule is C[C@@H](OC(=O)/C=C/c1ccc(Cl)cc1)C(=O)Nc1ccc(S(N)(=O)=O)cc1. The molecule has 27 heavy (non-hydrogen) atoms. The van der Waals surface area contributed by atoms with E-state index in [4.69, 9.17) is 21.5 Å². The maximum atomic E-state index is 12.1. The molecule has 0 radical (unpaired) electrons. The van der Waals surface area contributed by atoms with Gasteiger partial charge in [0.15, 0.2) is 6.10 Å². The lowest BCUT2D eigenvalue weighted by Crippen LogP contribution is -2.29. The first-order valence-electron chi connectivity index (χ1n) is 7.73. The van der Waals surface area contributed by atoms with Crippen molar-refractivity contribution >= 4 is 45.3 Å². The average molecular weight is 409 g/mol. The molecule has 0 saturated carbocycles. The summed E-state index contributed by atoms with van der Waals surface area (Å²) in [6, 6.07) is 12.1. The Labute approximate surface area is 161 Å². The van der Waals surface area contributed by atoms with E-state index in [-0.39, 0.29) is 4.90 Å². The third-order valence-electron chi connectivity index (χ3n) is 3.39. The molecule has 2 aromatic carbocycles. The lowest BCUT2D eigenvalue weighted by Gasteiger charge is -2.12. The standard InChI is InChI=1S/C18H17ClN2O5S/c1-12(26-17(22)11-4-13-2-5-14(19)6-3-13)18(23)21-15-7-9-16(10-8-15)27(20,24)25/h2-12H,1H3,(H,21,23)(H2,20,24,25)/b11-4+/t12-/m1/s1. The summed E-state index contributed by atoms with van der Waals surface area (Å²) >= 11 is 5.78. The number of carbonyl (C=O) groups is 2. The molecule has 0 aliphatic heterocycles. The number of nitrogens with one attached hydrogen (secondary N) is 1. The van der Waals surface area contributed by atoms with E-state index in [1.807, 2.05) is 0 Å². The summed E-state index contributed by atoms with van der Waals surface area (Å²) in [5, 5.41) is 8.10. The number of amides is 1. The van der Waals surface area contributed by atoms with E-state index in [1.165, 1.54) is 43.3 Å². The number of rotatable bonds is 6. The number of nitrogens with two attached hydrogens (primary N) is 1. The maximum Gasteiger partial charge on any atom is 0.331 e. The average Bonchev–Trinajstić information content (AvgIpc) is 2.61. The van der Waals surface area contributed by atoms with Gasteiger partial charge in [-0.1, -0.05) is 23.7 Å². The van der Waals surface area contributed by atoms with E-state index >= 15 is 0 Å². The van der Waals surface area contributed by atoms with Crippen LogP contribution < -0.4 is 10.5 Å². The minimum atomic E-state index is -3.81. The molecule has 0 aliphatic rings. The van der Waals surface area contributed by atoms with Gasteiger partial charge in [-0.15, -0.1) is 0 Å². The molecule has 2 aromatic rings. The molecule has 0 saturated heterocycles. The van der Waals surface area contributed by atoms with Crippen molar-refractivity contribution in [1.82, 2.24) is 0 Å². The van der Waals surface area contributed by atoms with Gasteiger partial charge in [0, 0.05) is 16.8 Å². The second kappa shape index (κ2) is 8.81. The topological polar surface area (TPSA) is 116 Å². The number of hydrogen-bond acceptors (Lipinski definition) is 5. The molecule has 0 aromatic heterocycles. The molecule has 0 aliphatic carbocycles. The van der Waals surface area contributed by atoms with Crippen LogP contribution in [-0.2, 0) is 24.3 Å². The third kappa shape index (κ3) is 6.52. The van der Waals surface area contributed by atoms with Gasteiger partial charge in [0.25, 0.3) is 5.91 Å². The number of ether oxygens (including phenoxy) is 1. The predicted octanol–water partition coefficient (Wildman–Crippen LogP) is 2.57. The van der Waals surface area contributed by atoms with E-state index in [0.717, 1.165) is 5.56 Å². The van der Waals surface area contributed by atoms with Crippen LogP contribution in [0.25, 0.3) is 6.08 Å². The molecular formula is C18H17ClN2O5S. The summed E-state index contributed by atoms with van der Waals surface area (Å²) in [6.07, 6.45) is 1.69. The lowest BCUT2D eigenvalue weighted by molar-refractivity contribution is -0.148. The fraction of sp³-hybridized carbons (Fsp3) is 0.111. The van der Waals surface area contributed by atoms with E-state index in [9.17, 15) is 18.0 Å². The zero-order valence-electron chi connectivity index (χ0n) is 14.3. The number of anilines is 1. The molecule has 0 spiro atoms. The second-order valence-electron chi connectivity index (χ2n) is 5.52. The molecule has 3 N–H and O–H groups in total. The van der Waals surface area contributed by atoms with Gasteiger partial charge in [-0.3, -0.25) is 4.79 Å². The first kappa shape index (κ1) is 20.6. The van der Waals surface area contributed by atoms with Crippen LogP contribution in [0.15, 0.2) is 59.5 Å². The highest BCUT2D eigenvalue weighted by atomic mass is 35.5. The number of esters is 1. The maximum absolute atomic E-state index is 12.1. The number of primary sulfonamides is 1. The third-order valence-corrected chi connectivity index (χ3v) is 4.58. The first-order chi connectivity index (χ1) is 12.6. The predicted molar refractivity (Wildman–Crippen MR) is 102 cm³/mol. The fourth-order valence-corrected chi connectivity index (χ4v) is 2.62. The van der Waals surface area contributed by atoms with Crippen LogP contribution >= 0.6 is 11.6 Å². The van der Waals surface area contributed by atoms with Crippen LogP contribution in [0.2, 0.25) is 5.02 Å². The van der Waals surface area contributed by atoms with Gasteiger partial charge in [0.2, 0.25) is 10.0 Å². The quantitative estimate of drug-likeness (QED) is 0.563. The largest absolute Gasteiger partial charge is 0.449 e. The van der Waals surface area contributed by atoms with Crippen LogP contribution in [0, 0.1) is 0 Å². The normalized spacial score (nSPS) is 12.6. The highest BCUT2D eigenvalue weighted by Crippen LogP contribution is 2.14. The summed E-state index contributed by atoms with van der Waals surface area (Å²) in [6.45, 7) is 1.42. The Kier molecular flexibility index (Phi) is 6.73. The Bertz CT molecular complexity index is 954. The fourth-order valence-electron chi connectivity index (χ4n) is 1.98. The van der Waals surface area contributed by atoms with Crippen molar-refractivity contribution < 1.29 is 22.7 Å². The molecule has 142 valence electrons. The molecule has 0 heterocycles. The van der Waals surface area contributed by atoms with Crippen LogP contribution in [0.1, 0.15) is 12.5 Å². The number of carbonyl (C=O) groups excluding carboxylic acids is 2. The van der Waals surface area contributed by atoms with Gasteiger partial charge in [-0.25, -0.2) is 18.4 Å². The molecular weight excluding hydrogens is 392 g/mol. The van der Waals surface area contributed by atoms with Crippen molar-refractivity contribution in [3.05, 3.63) is 65.2 Å². The van der Waals surface area contributed by atoms with Crippen molar-refractivity contribution in [1.29, 1.82) is 0 Å². The Morgan fingerprint density at radius 3 is 2.26 bits per heavy atom. The van der Waals surface area contributed by atoms with Crippen LogP contribution in [-0.4, -0.2) is 26.4 Å². The monoisotopic (exact) mass is 408 g/mol. The van der Waals surface area contributed by atoms with E-state index in [0.29, 0.717) is 10.7 Å². The van der Waals surface area contributed by atoms with Gasteiger partial charge in [0.1, 0.15) is 0 Å². The molecule has 0 fully saturated rings. The lowest BCUT2D eigenvalue weighted by atomic mass is 10.2. The van der Waals surface area contributed by atoms with Crippen molar-refractivity contribution in [3.8, 4) is 0 Å². The highest BCUT2D eigenvalue weighted by Gasteiger charge is 2.17. The number of sulfonamides is 1. The molecule has 7 nitrogen and oxygen atoms in total. The molecule has 2 rings (SSSR count). The Morgan fingerprint density at radius 2 is 1.70 bits per heavy atom. The van der Waals surface area contributed by atoms with Crippen LogP contribution in [0.5, 0.6) is 0 Å². The minimum Gasteiger partial charge on any atom is -0.449 e. The van der Waals surface area contributed by atoms with E-state index in [1.54, 1.807) is 24.3 Å². The minimum absolute atomic E-state index is 0.0766. The van der Waals surface area contributed by atoms with Gasteiger partial charge < -0.3 is 10.1 Å². The van der Waals surface area contributed by atoms with Gasteiger partial charge in [-0.2, -0.15) is 0 Å². The van der Waals surface area contributed by atoms with Crippen molar-refractivity contribution in [2.24, 2.45) is 5.14 Å². The molecule has 9 heteroatoms. The Balaban J connectivity index is 1.91. The zero-order chi connectivity index (χ0) is 20.0. The van der Waals surface area contributed by atoms with Gasteiger partial charge in [-0.05, 0) is 55.0 Å². The van der Waals surface area contributed by atoms with E-state index < -0.39 is 28.0 Å². The Hall–Kier alpha value is -2.68. The summed E-state index contributed by atoms with van der Waals surface area (Å²) < 4.78 is 27.4. The Morgan fingerprint density at radius 1 is 1.11 bits per heavy atom. The first-order valence-corrected chi connectivity index (χ1v) is 9.65. The molecule has 1 atom stereocenters. The van der Waals surface area contributed by atoms with E-state index in [2.05, 4.69) is 5.32 Å². The molecule has 1 amide bonds. The number of hydrogen-bond donors (Lipinski definition) is 2. The molecule has 0 bridgehead atoms. The summed E-state index contributed by atoms with van der Waals surface area (Å²) in [5.74, 6) is -1.25. The number of benzene rings is 2. The van der Waals surface area contributed by atoms with Crippen LogP contribution in [0.3, 0.4) is 0 Å².